The van der Waals surface area contributed by atoms with Crippen molar-refractivity contribution in [3.8, 4) is 11.3 Å². The molecule has 4 rings (SSSR count). The molecule has 0 radical (unpaired) electrons. The van der Waals surface area contributed by atoms with Gasteiger partial charge in [0.15, 0.2) is 5.82 Å². The molecule has 3 heterocycles. The molecule has 0 saturated heterocycles. The van der Waals surface area contributed by atoms with Crippen LogP contribution in [0, 0.1) is 20.8 Å². The first-order valence-corrected chi connectivity index (χ1v) is 10.5. The Bertz CT molecular complexity index is 1380. The molecule has 5 nitrogen and oxygen atoms in total. The molecular formula is C24H20ClF3N4O. The van der Waals surface area contributed by atoms with Crippen LogP contribution in [0.25, 0.3) is 16.9 Å². The van der Waals surface area contributed by atoms with Crippen molar-refractivity contribution in [2.45, 2.75) is 33.4 Å². The SMILES string of the molecule is Cc1ccc(-c2nc3c(C)cccn3c2CC(=O)Nc2ncc(C(F)(F)F)cc2Cl)cc1C. The summed E-state index contributed by atoms with van der Waals surface area (Å²) >= 11 is 5.94. The van der Waals surface area contributed by atoms with E-state index in [-0.39, 0.29) is 17.3 Å². The Morgan fingerprint density at radius 1 is 1.09 bits per heavy atom. The Labute approximate surface area is 193 Å². The third kappa shape index (κ3) is 4.57. The van der Waals surface area contributed by atoms with Crippen molar-refractivity contribution in [2.24, 2.45) is 0 Å². The molecule has 3 aromatic heterocycles. The van der Waals surface area contributed by atoms with E-state index in [9.17, 15) is 18.0 Å². The van der Waals surface area contributed by atoms with Crippen molar-refractivity contribution in [3.05, 3.63) is 81.8 Å². The number of aromatic nitrogens is 3. The fourth-order valence-corrected chi connectivity index (χ4v) is 3.77. The van der Waals surface area contributed by atoms with E-state index in [0.717, 1.165) is 34.0 Å². The number of imidazole rings is 1. The number of benzene rings is 1. The van der Waals surface area contributed by atoms with Gasteiger partial charge >= 0.3 is 6.18 Å². The Kier molecular flexibility index (Phi) is 5.88. The van der Waals surface area contributed by atoms with Gasteiger partial charge in [0, 0.05) is 18.0 Å². The topological polar surface area (TPSA) is 59.3 Å². The zero-order chi connectivity index (χ0) is 23.9. The van der Waals surface area contributed by atoms with Gasteiger partial charge in [-0.1, -0.05) is 29.8 Å². The van der Waals surface area contributed by atoms with Crippen LogP contribution in [0.5, 0.6) is 0 Å². The maximum absolute atomic E-state index is 12.9. The highest BCUT2D eigenvalue weighted by Gasteiger charge is 2.31. The average Bonchev–Trinajstić information content (AvgIpc) is 3.10. The maximum atomic E-state index is 12.9. The minimum atomic E-state index is -4.57. The van der Waals surface area contributed by atoms with Crippen molar-refractivity contribution in [1.29, 1.82) is 0 Å². The van der Waals surface area contributed by atoms with Gasteiger partial charge in [-0.25, -0.2) is 9.97 Å². The van der Waals surface area contributed by atoms with Gasteiger partial charge < -0.3 is 9.72 Å². The minimum absolute atomic E-state index is 0.0775. The van der Waals surface area contributed by atoms with Crippen molar-refractivity contribution in [1.82, 2.24) is 14.4 Å². The van der Waals surface area contributed by atoms with Crippen molar-refractivity contribution in [3.63, 3.8) is 0 Å². The lowest BCUT2D eigenvalue weighted by Crippen LogP contribution is -2.18. The minimum Gasteiger partial charge on any atom is -0.309 e. The summed E-state index contributed by atoms with van der Waals surface area (Å²) < 4.78 is 40.4. The molecule has 0 aliphatic heterocycles. The molecular weight excluding hydrogens is 453 g/mol. The molecule has 1 aromatic carbocycles. The van der Waals surface area contributed by atoms with Crippen LogP contribution in [0.1, 0.15) is 27.9 Å². The van der Waals surface area contributed by atoms with Gasteiger partial charge in [0.1, 0.15) is 5.65 Å². The highest BCUT2D eigenvalue weighted by molar-refractivity contribution is 6.33. The van der Waals surface area contributed by atoms with Gasteiger partial charge in [-0.15, -0.1) is 0 Å². The van der Waals surface area contributed by atoms with Gasteiger partial charge in [0.25, 0.3) is 0 Å². The molecule has 0 spiro atoms. The predicted molar refractivity (Wildman–Crippen MR) is 121 cm³/mol. The summed E-state index contributed by atoms with van der Waals surface area (Å²) in [5.41, 5.74) is 5.10. The lowest BCUT2D eigenvalue weighted by atomic mass is 10.0. The number of aryl methyl sites for hydroxylation is 3. The second-order valence-corrected chi connectivity index (χ2v) is 8.28. The van der Waals surface area contributed by atoms with Crippen LogP contribution < -0.4 is 5.32 Å². The number of alkyl halides is 3. The van der Waals surface area contributed by atoms with Crippen LogP contribution >= 0.6 is 11.6 Å². The third-order valence-corrected chi connectivity index (χ3v) is 5.77. The molecule has 0 unspecified atom stereocenters. The molecule has 4 aromatic rings. The highest BCUT2D eigenvalue weighted by Crippen LogP contribution is 2.33. The zero-order valence-corrected chi connectivity index (χ0v) is 18.8. The first-order chi connectivity index (χ1) is 15.5. The number of rotatable bonds is 4. The monoisotopic (exact) mass is 472 g/mol. The second-order valence-electron chi connectivity index (χ2n) is 7.87. The standard InChI is InChI=1S/C24H20ClF3N4O/c1-13-6-7-16(9-15(13)3)21-19(32-8-4-5-14(2)23(32)31-21)11-20(33)30-22-18(25)10-17(12-29-22)24(26,27)28/h4-10,12H,11H2,1-3H3,(H,29,30,33). The van der Waals surface area contributed by atoms with E-state index in [2.05, 4.69) is 10.3 Å². The molecule has 1 amide bonds. The Morgan fingerprint density at radius 2 is 1.85 bits per heavy atom. The first-order valence-electron chi connectivity index (χ1n) is 10.1. The zero-order valence-electron chi connectivity index (χ0n) is 18.1. The summed E-state index contributed by atoms with van der Waals surface area (Å²) in [6, 6.07) is 10.5. The van der Waals surface area contributed by atoms with Crippen LogP contribution in [0.15, 0.2) is 48.8 Å². The summed E-state index contributed by atoms with van der Waals surface area (Å²) in [5.74, 6) is -0.607. The molecule has 0 atom stereocenters. The number of hydrogen-bond donors (Lipinski definition) is 1. The summed E-state index contributed by atoms with van der Waals surface area (Å²) in [4.78, 5) is 21.3. The van der Waals surface area contributed by atoms with Crippen molar-refractivity contribution in [2.75, 3.05) is 5.32 Å². The van der Waals surface area contributed by atoms with E-state index in [4.69, 9.17) is 16.6 Å². The van der Waals surface area contributed by atoms with E-state index in [1.165, 1.54) is 0 Å². The van der Waals surface area contributed by atoms with Crippen LogP contribution in [0.2, 0.25) is 5.02 Å². The molecule has 0 aliphatic rings. The lowest BCUT2D eigenvalue weighted by Gasteiger charge is -2.11. The molecule has 9 heteroatoms. The normalized spacial score (nSPS) is 11.7. The molecule has 0 fully saturated rings. The highest BCUT2D eigenvalue weighted by atomic mass is 35.5. The molecule has 0 bridgehead atoms. The largest absolute Gasteiger partial charge is 0.417 e. The molecule has 1 N–H and O–H groups in total. The molecule has 33 heavy (non-hydrogen) atoms. The van der Waals surface area contributed by atoms with Crippen molar-refractivity contribution < 1.29 is 18.0 Å². The molecule has 170 valence electrons. The van der Waals surface area contributed by atoms with Gasteiger partial charge in [-0.2, -0.15) is 13.2 Å². The van der Waals surface area contributed by atoms with Crippen LogP contribution in [-0.2, 0) is 17.4 Å². The fraction of sp³-hybridized carbons (Fsp3) is 0.208. The first kappa shape index (κ1) is 22.8. The number of amides is 1. The van der Waals surface area contributed by atoms with Gasteiger partial charge in [0.05, 0.1) is 28.4 Å². The number of nitrogens with one attached hydrogen (secondary N) is 1. The summed E-state index contributed by atoms with van der Waals surface area (Å²) in [7, 11) is 0. The van der Waals surface area contributed by atoms with E-state index >= 15 is 0 Å². The van der Waals surface area contributed by atoms with Crippen LogP contribution in [0.3, 0.4) is 0 Å². The lowest BCUT2D eigenvalue weighted by molar-refractivity contribution is -0.137. The second kappa shape index (κ2) is 8.51. The Hall–Kier alpha value is -3.39. The predicted octanol–water partition coefficient (Wildman–Crippen LogP) is 6.17. The fourth-order valence-electron chi connectivity index (χ4n) is 3.55. The summed E-state index contributed by atoms with van der Waals surface area (Å²) in [6.45, 7) is 5.95. The van der Waals surface area contributed by atoms with Gasteiger partial charge in [0.2, 0.25) is 5.91 Å². The quantitative estimate of drug-likeness (QED) is 0.386. The number of nitrogens with zero attached hydrogens (tertiary/aromatic N) is 3. The Morgan fingerprint density at radius 3 is 2.52 bits per heavy atom. The average molecular weight is 473 g/mol. The number of fused-ring (bicyclic) bond motifs is 1. The van der Waals surface area contributed by atoms with E-state index in [1.54, 1.807) is 0 Å². The van der Waals surface area contributed by atoms with E-state index in [1.807, 2.05) is 61.7 Å². The maximum Gasteiger partial charge on any atom is 0.417 e. The molecule has 0 saturated carbocycles. The van der Waals surface area contributed by atoms with Crippen LogP contribution in [-0.4, -0.2) is 20.3 Å². The van der Waals surface area contributed by atoms with Crippen LogP contribution in [0.4, 0.5) is 19.0 Å². The summed E-state index contributed by atoms with van der Waals surface area (Å²) in [6.07, 6.45) is -2.19. The van der Waals surface area contributed by atoms with Crippen molar-refractivity contribution >= 4 is 29.0 Å². The number of pyridine rings is 2. The summed E-state index contributed by atoms with van der Waals surface area (Å²) in [5, 5.41) is 2.22. The third-order valence-electron chi connectivity index (χ3n) is 5.48. The number of hydrogen-bond acceptors (Lipinski definition) is 3. The van der Waals surface area contributed by atoms with E-state index in [0.29, 0.717) is 17.6 Å². The van der Waals surface area contributed by atoms with Gasteiger partial charge in [-0.3, -0.25) is 4.79 Å². The number of halogens is 4. The number of carbonyl (C=O) groups is 1. The Balaban J connectivity index is 1.70. The number of anilines is 1. The molecule has 0 aliphatic carbocycles. The van der Waals surface area contributed by atoms with Gasteiger partial charge in [-0.05, 0) is 55.7 Å². The van der Waals surface area contributed by atoms with E-state index < -0.39 is 17.6 Å². The number of carbonyl (C=O) groups excluding carboxylic acids is 1. The smallest absolute Gasteiger partial charge is 0.309 e.